The standard InChI is InChI=1S/C17H30N4OS2/c1-13-7-9-21(10-8-13)11-15(22)12-23-17-20-19-16(24-17)18-14-5-3-2-4-6-14/h13-15,22H,2-12H2,1H3,(H,18,19). The molecular weight excluding hydrogens is 340 g/mol. The van der Waals surface area contributed by atoms with Crippen molar-refractivity contribution in [2.75, 3.05) is 30.7 Å². The van der Waals surface area contributed by atoms with Crippen LogP contribution in [0.15, 0.2) is 4.34 Å². The van der Waals surface area contributed by atoms with Crippen LogP contribution in [0.5, 0.6) is 0 Å². The van der Waals surface area contributed by atoms with E-state index in [2.05, 4.69) is 27.3 Å². The second-order valence-electron chi connectivity index (χ2n) is 7.30. The third-order valence-electron chi connectivity index (χ3n) is 5.08. The van der Waals surface area contributed by atoms with Crippen molar-refractivity contribution in [3.05, 3.63) is 0 Å². The number of aromatic nitrogens is 2. The fourth-order valence-corrected chi connectivity index (χ4v) is 5.28. The molecule has 0 bridgehead atoms. The summed E-state index contributed by atoms with van der Waals surface area (Å²) in [7, 11) is 0. The number of thioether (sulfide) groups is 1. The predicted molar refractivity (Wildman–Crippen MR) is 102 cm³/mol. The largest absolute Gasteiger partial charge is 0.391 e. The van der Waals surface area contributed by atoms with Crippen LogP contribution < -0.4 is 5.32 Å². The number of hydrogen-bond donors (Lipinski definition) is 2. The maximum absolute atomic E-state index is 10.3. The van der Waals surface area contributed by atoms with E-state index < -0.39 is 0 Å². The molecule has 1 saturated carbocycles. The van der Waals surface area contributed by atoms with Crippen LogP contribution in [0, 0.1) is 5.92 Å². The Morgan fingerprint density at radius 3 is 2.71 bits per heavy atom. The molecule has 136 valence electrons. The van der Waals surface area contributed by atoms with Crippen LogP contribution in [0.3, 0.4) is 0 Å². The molecule has 0 amide bonds. The maximum Gasteiger partial charge on any atom is 0.206 e. The molecule has 24 heavy (non-hydrogen) atoms. The van der Waals surface area contributed by atoms with Crippen LogP contribution in [0.25, 0.3) is 0 Å². The minimum Gasteiger partial charge on any atom is -0.391 e. The van der Waals surface area contributed by atoms with Gasteiger partial charge in [0.2, 0.25) is 5.13 Å². The molecule has 2 heterocycles. The summed E-state index contributed by atoms with van der Waals surface area (Å²) in [6, 6.07) is 0.566. The van der Waals surface area contributed by atoms with Crippen molar-refractivity contribution in [2.45, 2.75) is 68.4 Å². The van der Waals surface area contributed by atoms with Crippen LogP contribution >= 0.6 is 23.1 Å². The molecule has 1 unspecified atom stereocenters. The zero-order chi connectivity index (χ0) is 16.8. The lowest BCUT2D eigenvalue weighted by molar-refractivity contribution is 0.105. The fourth-order valence-electron chi connectivity index (χ4n) is 3.51. The number of nitrogens with zero attached hydrogens (tertiary/aromatic N) is 3. The Morgan fingerprint density at radius 1 is 1.21 bits per heavy atom. The quantitative estimate of drug-likeness (QED) is 0.717. The smallest absolute Gasteiger partial charge is 0.206 e. The lowest BCUT2D eigenvalue weighted by atomic mass is 9.96. The number of anilines is 1. The Bertz CT molecular complexity index is 485. The van der Waals surface area contributed by atoms with E-state index in [4.69, 9.17) is 0 Å². The van der Waals surface area contributed by atoms with E-state index in [9.17, 15) is 5.11 Å². The molecular formula is C17H30N4OS2. The van der Waals surface area contributed by atoms with Gasteiger partial charge in [-0.15, -0.1) is 10.2 Å². The molecule has 5 nitrogen and oxygen atoms in total. The lowest BCUT2D eigenvalue weighted by Gasteiger charge is -2.31. The van der Waals surface area contributed by atoms with Crippen LogP contribution in [0.4, 0.5) is 5.13 Å². The number of piperidine rings is 1. The number of β-amino-alcohol motifs (C(OH)–C–C–N with tert-alkyl or cyclic N) is 1. The van der Waals surface area contributed by atoms with Crippen molar-refractivity contribution < 1.29 is 5.11 Å². The van der Waals surface area contributed by atoms with E-state index >= 15 is 0 Å². The van der Waals surface area contributed by atoms with Crippen molar-refractivity contribution in [3.8, 4) is 0 Å². The van der Waals surface area contributed by atoms with E-state index in [1.165, 1.54) is 44.9 Å². The SMILES string of the molecule is CC1CCN(CC(O)CSc2nnc(NC3CCCCC3)s2)CC1. The van der Waals surface area contributed by atoms with Crippen molar-refractivity contribution in [3.63, 3.8) is 0 Å². The highest BCUT2D eigenvalue weighted by atomic mass is 32.2. The summed E-state index contributed by atoms with van der Waals surface area (Å²) in [6.07, 6.45) is 8.72. The molecule has 0 radical (unpaired) electrons. The molecule has 7 heteroatoms. The third kappa shape index (κ3) is 5.86. The Morgan fingerprint density at radius 2 is 1.96 bits per heavy atom. The Labute approximate surface area is 153 Å². The van der Waals surface area contributed by atoms with Crippen molar-refractivity contribution in [2.24, 2.45) is 5.92 Å². The molecule has 2 aliphatic rings. The molecule has 1 aromatic heterocycles. The van der Waals surface area contributed by atoms with Gasteiger partial charge in [0.25, 0.3) is 0 Å². The van der Waals surface area contributed by atoms with Crippen LogP contribution in [-0.4, -0.2) is 57.7 Å². The second-order valence-corrected chi connectivity index (χ2v) is 9.54. The zero-order valence-corrected chi connectivity index (χ0v) is 16.2. The minimum absolute atomic E-state index is 0.290. The van der Waals surface area contributed by atoms with Crippen molar-refractivity contribution >= 4 is 28.2 Å². The highest BCUT2D eigenvalue weighted by Crippen LogP contribution is 2.29. The number of aliphatic hydroxyl groups is 1. The van der Waals surface area contributed by atoms with Gasteiger partial charge in [0.1, 0.15) is 0 Å². The molecule has 1 aromatic rings. The van der Waals surface area contributed by atoms with Gasteiger partial charge >= 0.3 is 0 Å². The van der Waals surface area contributed by atoms with Crippen LogP contribution in [-0.2, 0) is 0 Å². The second kappa shape index (κ2) is 9.36. The number of likely N-dealkylation sites (tertiary alicyclic amines) is 1. The topological polar surface area (TPSA) is 61.3 Å². The molecule has 3 rings (SSSR count). The highest BCUT2D eigenvalue weighted by molar-refractivity contribution is 8.01. The van der Waals surface area contributed by atoms with Gasteiger partial charge in [-0.3, -0.25) is 0 Å². The van der Waals surface area contributed by atoms with Gasteiger partial charge in [0.15, 0.2) is 4.34 Å². The molecule has 0 aromatic carbocycles. The predicted octanol–water partition coefficient (Wildman–Crippen LogP) is 3.47. The molecule has 1 saturated heterocycles. The van der Waals surface area contributed by atoms with Gasteiger partial charge < -0.3 is 15.3 Å². The fraction of sp³-hybridized carbons (Fsp3) is 0.882. The lowest BCUT2D eigenvalue weighted by Crippen LogP contribution is -2.39. The summed E-state index contributed by atoms with van der Waals surface area (Å²) in [6.45, 7) is 5.35. The summed E-state index contributed by atoms with van der Waals surface area (Å²) in [5.74, 6) is 1.54. The van der Waals surface area contributed by atoms with E-state index in [-0.39, 0.29) is 6.10 Å². The monoisotopic (exact) mass is 370 g/mol. The average molecular weight is 371 g/mol. The minimum atomic E-state index is -0.290. The van der Waals surface area contributed by atoms with Gasteiger partial charge in [0, 0.05) is 18.3 Å². The van der Waals surface area contributed by atoms with Gasteiger partial charge in [0.05, 0.1) is 6.10 Å². The zero-order valence-electron chi connectivity index (χ0n) is 14.6. The Kier molecular flexibility index (Phi) is 7.19. The summed E-state index contributed by atoms with van der Waals surface area (Å²) in [5.41, 5.74) is 0. The number of nitrogens with one attached hydrogen (secondary N) is 1. The van der Waals surface area contributed by atoms with Crippen LogP contribution in [0.1, 0.15) is 51.9 Å². The first-order valence-electron chi connectivity index (χ1n) is 9.32. The van der Waals surface area contributed by atoms with E-state index in [0.717, 1.165) is 35.0 Å². The molecule has 2 N–H and O–H groups in total. The van der Waals surface area contributed by atoms with Gasteiger partial charge in [-0.2, -0.15) is 0 Å². The highest BCUT2D eigenvalue weighted by Gasteiger charge is 2.19. The van der Waals surface area contributed by atoms with Gasteiger partial charge in [-0.25, -0.2) is 0 Å². The van der Waals surface area contributed by atoms with E-state index in [1.54, 1.807) is 23.1 Å². The van der Waals surface area contributed by atoms with Crippen LogP contribution in [0.2, 0.25) is 0 Å². The van der Waals surface area contributed by atoms with Crippen molar-refractivity contribution in [1.29, 1.82) is 0 Å². The first-order chi connectivity index (χ1) is 11.7. The van der Waals surface area contributed by atoms with Gasteiger partial charge in [-0.1, -0.05) is 49.3 Å². The molecule has 1 aliphatic heterocycles. The van der Waals surface area contributed by atoms with Crippen molar-refractivity contribution in [1.82, 2.24) is 15.1 Å². The summed E-state index contributed by atoms with van der Waals surface area (Å²) in [4.78, 5) is 2.39. The molecule has 2 fully saturated rings. The first-order valence-corrected chi connectivity index (χ1v) is 11.1. The molecule has 1 atom stereocenters. The van der Waals surface area contributed by atoms with E-state index in [0.29, 0.717) is 11.8 Å². The normalized spacial score (nSPS) is 22.6. The average Bonchev–Trinajstić information content (AvgIpc) is 3.03. The first kappa shape index (κ1) is 18.4. The summed E-state index contributed by atoms with van der Waals surface area (Å²) in [5, 5.41) is 23.2. The summed E-state index contributed by atoms with van der Waals surface area (Å²) >= 11 is 3.25. The number of rotatable bonds is 7. The maximum atomic E-state index is 10.3. The van der Waals surface area contributed by atoms with E-state index in [1.807, 2.05) is 0 Å². The molecule has 1 aliphatic carbocycles. The molecule has 0 spiro atoms. The summed E-state index contributed by atoms with van der Waals surface area (Å²) < 4.78 is 0.958. The Balaban J connectivity index is 1.36. The van der Waals surface area contributed by atoms with Gasteiger partial charge in [-0.05, 0) is 44.7 Å². The third-order valence-corrected chi connectivity index (χ3v) is 7.22. The number of hydrogen-bond acceptors (Lipinski definition) is 7. The Hall–Kier alpha value is -0.370. The number of aliphatic hydroxyl groups excluding tert-OH is 1.